The van der Waals surface area contributed by atoms with Gasteiger partial charge in [0.1, 0.15) is 0 Å². The average molecular weight is 144 g/mol. The van der Waals surface area contributed by atoms with E-state index in [0.29, 0.717) is 12.2 Å². The molecule has 0 radical (unpaired) electrons. The molecule has 0 aromatic rings. The lowest BCUT2D eigenvalue weighted by Crippen LogP contribution is -2.05. The van der Waals surface area contributed by atoms with Crippen LogP contribution in [0.1, 0.15) is 13.3 Å². The SMILES string of the molecule is C=C(CO)CC(=O)OCC. The maximum Gasteiger partial charge on any atom is 0.309 e. The molecule has 0 unspecified atom stereocenters. The first-order chi connectivity index (χ1) is 4.70. The Morgan fingerprint density at radius 1 is 1.70 bits per heavy atom. The van der Waals surface area contributed by atoms with Crippen molar-refractivity contribution < 1.29 is 14.6 Å². The molecule has 0 aliphatic rings. The normalized spacial score (nSPS) is 9.00. The van der Waals surface area contributed by atoms with E-state index >= 15 is 0 Å². The number of esters is 1. The molecule has 0 fully saturated rings. The van der Waals surface area contributed by atoms with Gasteiger partial charge in [-0.3, -0.25) is 4.79 Å². The molecule has 0 heterocycles. The lowest BCUT2D eigenvalue weighted by Gasteiger charge is -2.00. The third kappa shape index (κ3) is 4.09. The lowest BCUT2D eigenvalue weighted by atomic mass is 10.2. The van der Waals surface area contributed by atoms with Gasteiger partial charge in [0.05, 0.1) is 19.6 Å². The zero-order valence-corrected chi connectivity index (χ0v) is 6.09. The Labute approximate surface area is 60.3 Å². The van der Waals surface area contributed by atoms with E-state index in [0.717, 1.165) is 0 Å². The van der Waals surface area contributed by atoms with Crippen LogP contribution < -0.4 is 0 Å². The summed E-state index contributed by atoms with van der Waals surface area (Å²) < 4.78 is 4.60. The molecule has 0 atom stereocenters. The van der Waals surface area contributed by atoms with Gasteiger partial charge in [-0.15, -0.1) is 0 Å². The van der Waals surface area contributed by atoms with Crippen LogP contribution in [0.5, 0.6) is 0 Å². The van der Waals surface area contributed by atoms with E-state index in [2.05, 4.69) is 11.3 Å². The highest BCUT2D eigenvalue weighted by molar-refractivity contribution is 5.72. The number of carbonyl (C=O) groups is 1. The molecule has 0 amide bonds. The predicted octanol–water partition coefficient (Wildman–Crippen LogP) is 0.488. The number of aliphatic hydroxyl groups excluding tert-OH is 1. The highest BCUT2D eigenvalue weighted by Gasteiger charge is 2.02. The van der Waals surface area contributed by atoms with Crippen LogP contribution in [0.2, 0.25) is 0 Å². The van der Waals surface area contributed by atoms with E-state index in [9.17, 15) is 4.79 Å². The van der Waals surface area contributed by atoms with Gasteiger partial charge in [0, 0.05) is 0 Å². The second kappa shape index (κ2) is 4.99. The number of ether oxygens (including phenoxy) is 1. The largest absolute Gasteiger partial charge is 0.466 e. The predicted molar refractivity (Wildman–Crippen MR) is 37.5 cm³/mol. The second-order valence-electron chi connectivity index (χ2n) is 1.89. The molecule has 0 saturated heterocycles. The third-order valence-electron chi connectivity index (χ3n) is 0.923. The summed E-state index contributed by atoms with van der Waals surface area (Å²) in [4.78, 5) is 10.6. The topological polar surface area (TPSA) is 46.5 Å². The fourth-order valence-electron chi connectivity index (χ4n) is 0.472. The monoisotopic (exact) mass is 144 g/mol. The summed E-state index contributed by atoms with van der Waals surface area (Å²) in [5.74, 6) is -0.332. The van der Waals surface area contributed by atoms with Gasteiger partial charge in [-0.2, -0.15) is 0 Å². The van der Waals surface area contributed by atoms with E-state index in [-0.39, 0.29) is 19.0 Å². The Balaban J connectivity index is 3.47. The van der Waals surface area contributed by atoms with E-state index < -0.39 is 0 Å². The fraction of sp³-hybridized carbons (Fsp3) is 0.571. The Kier molecular flexibility index (Phi) is 4.58. The minimum absolute atomic E-state index is 0.115. The molecular weight excluding hydrogens is 132 g/mol. The van der Waals surface area contributed by atoms with Crippen LogP contribution in [0.25, 0.3) is 0 Å². The molecule has 0 aliphatic carbocycles. The minimum atomic E-state index is -0.332. The van der Waals surface area contributed by atoms with E-state index in [1.807, 2.05) is 0 Å². The molecule has 0 rings (SSSR count). The summed E-state index contributed by atoms with van der Waals surface area (Å²) in [5.41, 5.74) is 0.485. The van der Waals surface area contributed by atoms with Crippen molar-refractivity contribution in [3.05, 3.63) is 12.2 Å². The molecule has 0 aromatic heterocycles. The van der Waals surface area contributed by atoms with Crippen molar-refractivity contribution in [3.8, 4) is 0 Å². The summed E-state index contributed by atoms with van der Waals surface area (Å²) in [6.45, 7) is 5.40. The Bertz CT molecular complexity index is 129. The van der Waals surface area contributed by atoms with Crippen molar-refractivity contribution in [2.24, 2.45) is 0 Å². The summed E-state index contributed by atoms with van der Waals surface area (Å²) in [7, 11) is 0. The van der Waals surface area contributed by atoms with Gasteiger partial charge in [-0.25, -0.2) is 0 Å². The number of hydrogen-bond acceptors (Lipinski definition) is 3. The first-order valence-electron chi connectivity index (χ1n) is 3.13. The molecule has 0 saturated carbocycles. The van der Waals surface area contributed by atoms with E-state index in [4.69, 9.17) is 5.11 Å². The van der Waals surface area contributed by atoms with Crippen LogP contribution in [0.4, 0.5) is 0 Å². The average Bonchev–Trinajstić information content (AvgIpc) is 1.88. The highest BCUT2D eigenvalue weighted by atomic mass is 16.5. The smallest absolute Gasteiger partial charge is 0.309 e. The van der Waals surface area contributed by atoms with Crippen LogP contribution >= 0.6 is 0 Å². The molecule has 3 heteroatoms. The minimum Gasteiger partial charge on any atom is -0.466 e. The number of rotatable bonds is 4. The summed E-state index contributed by atoms with van der Waals surface area (Å²) in [6, 6.07) is 0. The third-order valence-corrected chi connectivity index (χ3v) is 0.923. The van der Waals surface area contributed by atoms with Gasteiger partial charge in [0.15, 0.2) is 0 Å². The molecule has 10 heavy (non-hydrogen) atoms. The van der Waals surface area contributed by atoms with Crippen LogP contribution in [0, 0.1) is 0 Å². The van der Waals surface area contributed by atoms with Crippen molar-refractivity contribution in [3.63, 3.8) is 0 Å². The molecular formula is C7H12O3. The number of aliphatic hydroxyl groups is 1. The molecule has 3 nitrogen and oxygen atoms in total. The first kappa shape index (κ1) is 9.17. The molecule has 0 aromatic carbocycles. The Hall–Kier alpha value is -0.830. The van der Waals surface area contributed by atoms with E-state index in [1.54, 1.807) is 6.92 Å². The summed E-state index contributed by atoms with van der Waals surface area (Å²) in [6.07, 6.45) is 0.115. The van der Waals surface area contributed by atoms with Crippen molar-refractivity contribution >= 4 is 5.97 Å². The van der Waals surface area contributed by atoms with Crippen LogP contribution in [0.3, 0.4) is 0 Å². The van der Waals surface area contributed by atoms with Crippen molar-refractivity contribution in [2.45, 2.75) is 13.3 Å². The highest BCUT2D eigenvalue weighted by Crippen LogP contribution is 1.97. The quantitative estimate of drug-likeness (QED) is 0.461. The maximum atomic E-state index is 10.6. The lowest BCUT2D eigenvalue weighted by molar-refractivity contribution is -0.142. The maximum absolute atomic E-state index is 10.6. The second-order valence-corrected chi connectivity index (χ2v) is 1.89. The molecule has 0 aliphatic heterocycles. The van der Waals surface area contributed by atoms with Gasteiger partial charge in [-0.05, 0) is 12.5 Å². The van der Waals surface area contributed by atoms with Crippen LogP contribution in [-0.4, -0.2) is 24.3 Å². The number of hydrogen-bond donors (Lipinski definition) is 1. The van der Waals surface area contributed by atoms with Gasteiger partial charge in [0.2, 0.25) is 0 Å². The van der Waals surface area contributed by atoms with Gasteiger partial charge in [-0.1, -0.05) is 6.58 Å². The van der Waals surface area contributed by atoms with Crippen molar-refractivity contribution in [1.29, 1.82) is 0 Å². The van der Waals surface area contributed by atoms with Gasteiger partial charge >= 0.3 is 5.97 Å². The zero-order chi connectivity index (χ0) is 7.98. The van der Waals surface area contributed by atoms with Crippen LogP contribution in [-0.2, 0) is 9.53 Å². The molecule has 1 N–H and O–H groups in total. The Morgan fingerprint density at radius 2 is 2.30 bits per heavy atom. The summed E-state index contributed by atoms with van der Waals surface area (Å²) in [5, 5.41) is 8.44. The Morgan fingerprint density at radius 3 is 2.70 bits per heavy atom. The fourth-order valence-corrected chi connectivity index (χ4v) is 0.472. The molecule has 0 spiro atoms. The molecule has 58 valence electrons. The standard InChI is InChI=1S/C7H12O3/c1-3-10-7(9)4-6(2)5-8/h8H,2-5H2,1H3. The first-order valence-corrected chi connectivity index (χ1v) is 3.13. The summed E-state index contributed by atoms with van der Waals surface area (Å²) >= 11 is 0. The van der Waals surface area contributed by atoms with E-state index in [1.165, 1.54) is 0 Å². The van der Waals surface area contributed by atoms with Crippen molar-refractivity contribution in [2.75, 3.05) is 13.2 Å². The van der Waals surface area contributed by atoms with Crippen LogP contribution in [0.15, 0.2) is 12.2 Å². The van der Waals surface area contributed by atoms with Gasteiger partial charge < -0.3 is 9.84 Å². The molecule has 0 bridgehead atoms. The zero-order valence-electron chi connectivity index (χ0n) is 6.09. The van der Waals surface area contributed by atoms with Gasteiger partial charge in [0.25, 0.3) is 0 Å². The van der Waals surface area contributed by atoms with Crippen molar-refractivity contribution in [1.82, 2.24) is 0 Å². The number of carbonyl (C=O) groups excluding carboxylic acids is 1.